The van der Waals surface area contributed by atoms with Crippen LogP contribution in [0.15, 0.2) is 12.1 Å². The molecule has 0 aromatic heterocycles. The second-order valence-electron chi connectivity index (χ2n) is 4.26. The van der Waals surface area contributed by atoms with Crippen molar-refractivity contribution in [3.8, 4) is 11.5 Å². The topological polar surface area (TPSA) is 55.8 Å². The summed E-state index contributed by atoms with van der Waals surface area (Å²) in [6.07, 6.45) is -0.606. The molecule has 0 aliphatic carbocycles. The Kier molecular flexibility index (Phi) is 2.96. The molecule has 0 spiro atoms. The predicted molar refractivity (Wildman–Crippen MR) is 62.3 cm³/mol. The third kappa shape index (κ3) is 1.95. The third-order valence-electron chi connectivity index (χ3n) is 3.00. The summed E-state index contributed by atoms with van der Waals surface area (Å²) in [6, 6.07) is 3.27. The summed E-state index contributed by atoms with van der Waals surface area (Å²) >= 11 is 0. The number of hydrogen-bond acceptors (Lipinski definition) is 4. The van der Waals surface area contributed by atoms with Crippen molar-refractivity contribution in [2.45, 2.75) is 32.8 Å². The highest BCUT2D eigenvalue weighted by Crippen LogP contribution is 2.42. The molecule has 2 atom stereocenters. The van der Waals surface area contributed by atoms with Crippen LogP contribution < -0.4 is 4.74 Å². The van der Waals surface area contributed by atoms with E-state index in [1.807, 2.05) is 13.8 Å². The van der Waals surface area contributed by atoms with E-state index in [2.05, 4.69) is 0 Å². The number of fused-ring (bicyclic) bond motifs is 1. The van der Waals surface area contributed by atoms with Crippen LogP contribution in [0, 0.1) is 6.92 Å². The summed E-state index contributed by atoms with van der Waals surface area (Å²) < 4.78 is 10.6. The molecule has 2 rings (SSSR count). The van der Waals surface area contributed by atoms with Gasteiger partial charge in [0, 0.05) is 11.5 Å². The summed E-state index contributed by atoms with van der Waals surface area (Å²) in [7, 11) is 0. The van der Waals surface area contributed by atoms with Gasteiger partial charge < -0.3 is 14.6 Å². The monoisotopic (exact) mass is 236 g/mol. The maximum Gasteiger partial charge on any atom is 0.347 e. The van der Waals surface area contributed by atoms with Crippen molar-refractivity contribution in [3.05, 3.63) is 23.3 Å². The lowest BCUT2D eigenvalue weighted by molar-refractivity contribution is -0.151. The molecule has 1 aliphatic heterocycles. The minimum atomic E-state index is -0.606. The average molecular weight is 236 g/mol. The minimum Gasteiger partial charge on any atom is -0.508 e. The van der Waals surface area contributed by atoms with Crippen LogP contribution >= 0.6 is 0 Å². The van der Waals surface area contributed by atoms with E-state index >= 15 is 0 Å². The molecule has 1 heterocycles. The quantitative estimate of drug-likeness (QED) is 0.799. The van der Waals surface area contributed by atoms with Crippen LogP contribution in [0.4, 0.5) is 0 Å². The molecule has 1 aliphatic rings. The van der Waals surface area contributed by atoms with Gasteiger partial charge in [0.2, 0.25) is 6.10 Å². The Labute approximate surface area is 100 Å². The Morgan fingerprint density at radius 3 is 2.88 bits per heavy atom. The number of aromatic hydroxyl groups is 1. The fourth-order valence-corrected chi connectivity index (χ4v) is 2.15. The molecule has 4 heteroatoms. The Morgan fingerprint density at radius 1 is 1.53 bits per heavy atom. The molecule has 0 bridgehead atoms. The van der Waals surface area contributed by atoms with Crippen molar-refractivity contribution in [1.82, 2.24) is 0 Å². The molecule has 2 unspecified atom stereocenters. The first-order chi connectivity index (χ1) is 8.04. The van der Waals surface area contributed by atoms with Crippen molar-refractivity contribution < 1.29 is 19.4 Å². The van der Waals surface area contributed by atoms with Crippen molar-refractivity contribution in [3.63, 3.8) is 0 Å². The number of phenols is 1. The molecule has 17 heavy (non-hydrogen) atoms. The van der Waals surface area contributed by atoms with Gasteiger partial charge in [-0.25, -0.2) is 4.79 Å². The lowest BCUT2D eigenvalue weighted by Crippen LogP contribution is -2.29. The van der Waals surface area contributed by atoms with Crippen LogP contribution in [0.3, 0.4) is 0 Å². The molecule has 0 fully saturated rings. The molecule has 1 N–H and O–H groups in total. The Hall–Kier alpha value is -1.71. The molecular formula is C13H16O4. The zero-order valence-electron chi connectivity index (χ0n) is 10.2. The standard InChI is InChI=1S/C13H16O4/c1-4-16-13(15)12-8(3)10-6-9(14)5-7(2)11(10)17-12/h5-6,8,12,14H,4H2,1-3H3. The van der Waals surface area contributed by atoms with Gasteiger partial charge in [0.15, 0.2) is 0 Å². The van der Waals surface area contributed by atoms with Gasteiger partial charge in [0.1, 0.15) is 11.5 Å². The highest BCUT2D eigenvalue weighted by Gasteiger charge is 2.38. The first-order valence-electron chi connectivity index (χ1n) is 5.71. The molecule has 0 amide bonds. The zero-order chi connectivity index (χ0) is 12.6. The van der Waals surface area contributed by atoms with Gasteiger partial charge in [0.05, 0.1) is 6.61 Å². The average Bonchev–Trinajstić information content (AvgIpc) is 2.57. The van der Waals surface area contributed by atoms with Crippen LogP contribution in [0.1, 0.15) is 30.9 Å². The fourth-order valence-electron chi connectivity index (χ4n) is 2.15. The van der Waals surface area contributed by atoms with Crippen molar-refractivity contribution in [2.24, 2.45) is 0 Å². The smallest absolute Gasteiger partial charge is 0.347 e. The number of hydrogen-bond donors (Lipinski definition) is 1. The second kappa shape index (κ2) is 4.28. The molecule has 1 aromatic carbocycles. The van der Waals surface area contributed by atoms with E-state index in [0.717, 1.165) is 11.1 Å². The van der Waals surface area contributed by atoms with Crippen molar-refractivity contribution in [2.75, 3.05) is 6.61 Å². The van der Waals surface area contributed by atoms with E-state index in [-0.39, 0.29) is 17.6 Å². The summed E-state index contributed by atoms with van der Waals surface area (Å²) in [6.45, 7) is 5.85. The maximum absolute atomic E-state index is 11.7. The lowest BCUT2D eigenvalue weighted by atomic mass is 9.96. The number of rotatable bonds is 2. The van der Waals surface area contributed by atoms with E-state index < -0.39 is 6.10 Å². The number of carbonyl (C=O) groups excluding carboxylic acids is 1. The largest absolute Gasteiger partial charge is 0.508 e. The van der Waals surface area contributed by atoms with Crippen molar-refractivity contribution >= 4 is 5.97 Å². The van der Waals surface area contributed by atoms with Gasteiger partial charge in [0.25, 0.3) is 0 Å². The lowest BCUT2D eigenvalue weighted by Gasteiger charge is -2.13. The fraction of sp³-hybridized carbons (Fsp3) is 0.462. The second-order valence-corrected chi connectivity index (χ2v) is 4.26. The number of benzene rings is 1. The Bertz CT molecular complexity index is 453. The van der Waals surface area contributed by atoms with Gasteiger partial charge in [-0.3, -0.25) is 0 Å². The number of aryl methyl sites for hydroxylation is 1. The van der Waals surface area contributed by atoms with Crippen LogP contribution in [0.25, 0.3) is 0 Å². The van der Waals surface area contributed by atoms with Crippen molar-refractivity contribution in [1.29, 1.82) is 0 Å². The molecule has 0 saturated carbocycles. The molecule has 4 nitrogen and oxygen atoms in total. The summed E-state index contributed by atoms with van der Waals surface area (Å²) in [5.41, 5.74) is 1.69. The molecular weight excluding hydrogens is 220 g/mol. The minimum absolute atomic E-state index is 0.102. The van der Waals surface area contributed by atoms with E-state index in [9.17, 15) is 9.90 Å². The van der Waals surface area contributed by atoms with Crippen LogP contribution in [0.2, 0.25) is 0 Å². The van der Waals surface area contributed by atoms with Gasteiger partial charge in [-0.05, 0) is 31.5 Å². The zero-order valence-corrected chi connectivity index (χ0v) is 10.2. The normalized spacial score (nSPS) is 21.8. The van der Waals surface area contributed by atoms with E-state index in [0.29, 0.717) is 12.4 Å². The van der Waals surface area contributed by atoms with E-state index in [1.165, 1.54) is 0 Å². The van der Waals surface area contributed by atoms with Crippen LogP contribution in [-0.2, 0) is 9.53 Å². The number of ether oxygens (including phenoxy) is 2. The number of carbonyl (C=O) groups is 1. The summed E-state index contributed by atoms with van der Waals surface area (Å²) in [4.78, 5) is 11.7. The number of esters is 1. The Morgan fingerprint density at radius 2 is 2.24 bits per heavy atom. The SMILES string of the molecule is CCOC(=O)C1Oc2c(C)cc(O)cc2C1C. The highest BCUT2D eigenvalue weighted by molar-refractivity contribution is 5.78. The summed E-state index contributed by atoms with van der Waals surface area (Å²) in [5.74, 6) is 0.430. The molecule has 0 saturated heterocycles. The predicted octanol–water partition coefficient (Wildman–Crippen LogP) is 2.13. The molecule has 0 radical (unpaired) electrons. The molecule has 1 aromatic rings. The first-order valence-corrected chi connectivity index (χ1v) is 5.71. The van der Waals surface area contributed by atoms with Crippen LogP contribution in [-0.4, -0.2) is 23.8 Å². The first kappa shape index (κ1) is 11.8. The van der Waals surface area contributed by atoms with Gasteiger partial charge in [-0.1, -0.05) is 6.92 Å². The third-order valence-corrected chi connectivity index (χ3v) is 3.00. The van der Waals surface area contributed by atoms with Gasteiger partial charge >= 0.3 is 5.97 Å². The maximum atomic E-state index is 11.7. The number of phenolic OH excluding ortho intramolecular Hbond substituents is 1. The van der Waals surface area contributed by atoms with E-state index in [1.54, 1.807) is 19.1 Å². The molecule has 92 valence electrons. The van der Waals surface area contributed by atoms with E-state index in [4.69, 9.17) is 9.47 Å². The van der Waals surface area contributed by atoms with Gasteiger partial charge in [-0.15, -0.1) is 0 Å². The Balaban J connectivity index is 2.32. The van der Waals surface area contributed by atoms with Gasteiger partial charge in [-0.2, -0.15) is 0 Å². The summed E-state index contributed by atoms with van der Waals surface area (Å²) in [5, 5.41) is 9.55. The highest BCUT2D eigenvalue weighted by atomic mass is 16.6. The van der Waals surface area contributed by atoms with Crippen LogP contribution in [0.5, 0.6) is 11.5 Å².